The van der Waals surface area contributed by atoms with E-state index in [4.69, 9.17) is 4.84 Å². The molecule has 0 saturated heterocycles. The van der Waals surface area contributed by atoms with E-state index in [0.29, 0.717) is 35.5 Å². The third-order valence-electron chi connectivity index (χ3n) is 4.56. The Morgan fingerprint density at radius 1 is 1.23 bits per heavy atom. The summed E-state index contributed by atoms with van der Waals surface area (Å²) in [5.74, 6) is 6.75. The highest BCUT2D eigenvalue weighted by molar-refractivity contribution is 5.76. The number of hydroxylamine groups is 2. The summed E-state index contributed by atoms with van der Waals surface area (Å²) in [7, 11) is 0. The normalized spacial score (nSPS) is 14.6. The van der Waals surface area contributed by atoms with Gasteiger partial charge in [0.2, 0.25) is 0 Å². The minimum Gasteiger partial charge on any atom is -0.508 e. The summed E-state index contributed by atoms with van der Waals surface area (Å²) in [6, 6.07) is 2.82. The van der Waals surface area contributed by atoms with Gasteiger partial charge < -0.3 is 25.7 Å². The topological polar surface area (TPSA) is 94.1 Å². The standard InChI is InChI=1S/C23H33N3O4/c1-8-26-13-16(9-10-23(6,7)25-22(29)24-15(4)5)21(30-26)18-11-17(14(2)3)19(27)12-20(18)28/h11-12,14-15,27-28H,8,13H2,1-7H3,(H2,24,25,29). The second kappa shape index (κ2) is 9.31. The van der Waals surface area contributed by atoms with Crippen LogP contribution in [0.5, 0.6) is 11.5 Å². The fourth-order valence-electron chi connectivity index (χ4n) is 3.03. The number of aromatic hydroxyl groups is 2. The number of benzene rings is 1. The molecule has 164 valence electrons. The van der Waals surface area contributed by atoms with Gasteiger partial charge in [0, 0.05) is 18.7 Å². The average Bonchev–Trinajstić information content (AvgIpc) is 3.01. The SMILES string of the molecule is CCN1CC(C#CC(C)(C)NC(=O)NC(C)C)=C(c2cc(C(C)C)c(O)cc2O)O1. The van der Waals surface area contributed by atoms with Gasteiger partial charge in [0.25, 0.3) is 0 Å². The summed E-state index contributed by atoms with van der Waals surface area (Å²) >= 11 is 0. The number of phenols is 2. The van der Waals surface area contributed by atoms with Crippen molar-refractivity contribution in [3.63, 3.8) is 0 Å². The Kier molecular flexibility index (Phi) is 7.27. The smallest absolute Gasteiger partial charge is 0.316 e. The fraction of sp³-hybridized carbons (Fsp3) is 0.522. The number of carbonyl (C=O) groups excluding carboxylic acids is 1. The van der Waals surface area contributed by atoms with E-state index < -0.39 is 5.54 Å². The first kappa shape index (κ1) is 23.4. The number of nitrogens with one attached hydrogen (secondary N) is 2. The van der Waals surface area contributed by atoms with Crippen molar-refractivity contribution in [1.82, 2.24) is 15.7 Å². The molecule has 1 aromatic rings. The Morgan fingerprint density at radius 3 is 2.47 bits per heavy atom. The van der Waals surface area contributed by atoms with E-state index in [1.54, 1.807) is 11.1 Å². The molecule has 2 rings (SSSR count). The largest absolute Gasteiger partial charge is 0.508 e. The molecule has 0 aliphatic carbocycles. The molecule has 30 heavy (non-hydrogen) atoms. The molecular weight excluding hydrogens is 382 g/mol. The molecule has 4 N–H and O–H groups in total. The zero-order chi connectivity index (χ0) is 22.6. The molecule has 0 aromatic heterocycles. The lowest BCUT2D eigenvalue weighted by Gasteiger charge is -2.21. The quantitative estimate of drug-likeness (QED) is 0.551. The van der Waals surface area contributed by atoms with Crippen LogP contribution in [0.2, 0.25) is 0 Å². The van der Waals surface area contributed by atoms with Crippen molar-refractivity contribution in [2.75, 3.05) is 13.1 Å². The number of carbonyl (C=O) groups is 1. The Balaban J connectivity index is 2.42. The van der Waals surface area contributed by atoms with Crippen LogP contribution in [0, 0.1) is 11.8 Å². The van der Waals surface area contributed by atoms with Crippen LogP contribution >= 0.6 is 0 Å². The third-order valence-corrected chi connectivity index (χ3v) is 4.56. The van der Waals surface area contributed by atoms with Gasteiger partial charge in [0.1, 0.15) is 11.5 Å². The lowest BCUT2D eigenvalue weighted by atomic mass is 9.97. The molecule has 1 aliphatic heterocycles. The van der Waals surface area contributed by atoms with Crippen molar-refractivity contribution < 1.29 is 19.8 Å². The number of likely N-dealkylation sites (N-methyl/N-ethyl adjacent to an activating group) is 1. The lowest BCUT2D eigenvalue weighted by molar-refractivity contribution is -0.0563. The van der Waals surface area contributed by atoms with Crippen LogP contribution in [0.15, 0.2) is 17.7 Å². The molecule has 1 aromatic carbocycles. The molecule has 0 bridgehead atoms. The highest BCUT2D eigenvalue weighted by atomic mass is 16.7. The van der Waals surface area contributed by atoms with E-state index in [9.17, 15) is 15.0 Å². The molecule has 7 nitrogen and oxygen atoms in total. The first-order valence-electron chi connectivity index (χ1n) is 10.3. The van der Waals surface area contributed by atoms with Crippen LogP contribution in [0.4, 0.5) is 4.79 Å². The van der Waals surface area contributed by atoms with E-state index in [2.05, 4.69) is 22.5 Å². The summed E-state index contributed by atoms with van der Waals surface area (Å²) in [6.07, 6.45) is 0. The van der Waals surface area contributed by atoms with Gasteiger partial charge in [-0.15, -0.1) is 5.06 Å². The first-order chi connectivity index (χ1) is 13.9. The number of hydrogen-bond donors (Lipinski definition) is 4. The second-order valence-electron chi connectivity index (χ2n) is 8.57. The number of rotatable bonds is 5. The van der Waals surface area contributed by atoms with Crippen LogP contribution in [-0.2, 0) is 4.84 Å². The van der Waals surface area contributed by atoms with E-state index in [0.717, 1.165) is 0 Å². The van der Waals surface area contributed by atoms with Gasteiger partial charge in [-0.1, -0.05) is 25.7 Å². The highest BCUT2D eigenvalue weighted by Gasteiger charge is 2.27. The molecule has 0 unspecified atom stereocenters. The van der Waals surface area contributed by atoms with Crippen molar-refractivity contribution >= 4 is 11.8 Å². The zero-order valence-corrected chi connectivity index (χ0v) is 18.9. The summed E-state index contributed by atoms with van der Waals surface area (Å²) < 4.78 is 0. The summed E-state index contributed by atoms with van der Waals surface area (Å²) in [4.78, 5) is 18.0. The number of phenolic OH excluding ortho intramolecular Hbond substituents is 2. The predicted octanol–water partition coefficient (Wildman–Crippen LogP) is 3.69. The maximum Gasteiger partial charge on any atom is 0.316 e. The Hall–Kier alpha value is -2.85. The van der Waals surface area contributed by atoms with Crippen LogP contribution < -0.4 is 10.6 Å². The molecule has 0 atom stereocenters. The molecular formula is C23H33N3O4. The minimum atomic E-state index is -0.767. The van der Waals surface area contributed by atoms with Crippen molar-refractivity contribution in [2.45, 2.75) is 66.0 Å². The van der Waals surface area contributed by atoms with Gasteiger partial charge in [-0.2, -0.15) is 0 Å². The molecule has 1 heterocycles. The first-order valence-corrected chi connectivity index (χ1v) is 10.3. The molecule has 0 saturated carbocycles. The van der Waals surface area contributed by atoms with Crippen molar-refractivity contribution in [3.05, 3.63) is 28.8 Å². The van der Waals surface area contributed by atoms with Crippen LogP contribution in [-0.4, -0.2) is 46.0 Å². The third kappa shape index (κ3) is 5.83. The van der Waals surface area contributed by atoms with Crippen LogP contribution in [0.25, 0.3) is 5.76 Å². The maximum absolute atomic E-state index is 12.0. The van der Waals surface area contributed by atoms with Gasteiger partial charge in [-0.25, -0.2) is 4.79 Å². The number of amides is 2. The van der Waals surface area contributed by atoms with Gasteiger partial charge in [0.05, 0.1) is 23.2 Å². The molecule has 0 radical (unpaired) electrons. The molecule has 0 fully saturated rings. The maximum atomic E-state index is 12.0. The lowest BCUT2D eigenvalue weighted by Crippen LogP contribution is -2.49. The van der Waals surface area contributed by atoms with Crippen LogP contribution in [0.1, 0.15) is 65.5 Å². The monoisotopic (exact) mass is 415 g/mol. The molecule has 2 amide bonds. The Labute approximate surface area is 179 Å². The van der Waals surface area contributed by atoms with Crippen molar-refractivity contribution in [1.29, 1.82) is 0 Å². The van der Waals surface area contributed by atoms with Gasteiger partial charge in [-0.05, 0) is 52.2 Å². The number of nitrogens with zero attached hydrogens (tertiary/aromatic N) is 1. The van der Waals surface area contributed by atoms with Crippen LogP contribution in [0.3, 0.4) is 0 Å². The Bertz CT molecular complexity index is 892. The van der Waals surface area contributed by atoms with E-state index in [1.807, 2.05) is 48.5 Å². The van der Waals surface area contributed by atoms with Gasteiger partial charge in [-0.3, -0.25) is 0 Å². The summed E-state index contributed by atoms with van der Waals surface area (Å²) in [5.41, 5.74) is 1.14. The van der Waals surface area contributed by atoms with E-state index >= 15 is 0 Å². The van der Waals surface area contributed by atoms with Gasteiger partial charge >= 0.3 is 6.03 Å². The summed E-state index contributed by atoms with van der Waals surface area (Å²) in [6.45, 7) is 14.4. The minimum absolute atomic E-state index is 0.0250. The molecule has 0 spiro atoms. The van der Waals surface area contributed by atoms with Crippen molar-refractivity contribution in [3.8, 4) is 23.3 Å². The number of urea groups is 1. The fourth-order valence-corrected chi connectivity index (χ4v) is 3.03. The predicted molar refractivity (Wildman–Crippen MR) is 118 cm³/mol. The average molecular weight is 416 g/mol. The second-order valence-corrected chi connectivity index (χ2v) is 8.57. The van der Waals surface area contributed by atoms with E-state index in [-0.39, 0.29) is 29.5 Å². The van der Waals surface area contributed by atoms with E-state index in [1.165, 1.54) is 6.07 Å². The zero-order valence-electron chi connectivity index (χ0n) is 18.9. The molecule has 1 aliphatic rings. The highest BCUT2D eigenvalue weighted by Crippen LogP contribution is 2.39. The number of hydrogen-bond acceptors (Lipinski definition) is 5. The van der Waals surface area contributed by atoms with Gasteiger partial charge in [0.15, 0.2) is 5.76 Å². The summed E-state index contributed by atoms with van der Waals surface area (Å²) in [5, 5.41) is 28.0. The van der Waals surface area contributed by atoms with Crippen molar-refractivity contribution in [2.24, 2.45) is 0 Å². The Morgan fingerprint density at radius 2 is 1.90 bits per heavy atom. The molecule has 7 heteroatoms.